The lowest BCUT2D eigenvalue weighted by Crippen LogP contribution is -2.55. The predicted molar refractivity (Wildman–Crippen MR) is 120 cm³/mol. The fraction of sp³-hybridized carbons (Fsp3) is 0.435. The molecule has 2 aliphatic heterocycles. The Morgan fingerprint density at radius 3 is 2.91 bits per heavy atom. The molecule has 0 aliphatic carbocycles. The molecule has 11 nitrogen and oxygen atoms in total. The van der Waals surface area contributed by atoms with Gasteiger partial charge in [-0.1, -0.05) is 24.3 Å². The van der Waals surface area contributed by atoms with Crippen LogP contribution in [0.25, 0.3) is 0 Å². The normalized spacial score (nSPS) is 22.5. The van der Waals surface area contributed by atoms with E-state index in [0.717, 1.165) is 0 Å². The monoisotopic (exact) mass is 469 g/mol. The number of carbonyl (C=O) groups is 3. The summed E-state index contributed by atoms with van der Waals surface area (Å²) in [6.07, 6.45) is 5.83. The summed E-state index contributed by atoms with van der Waals surface area (Å²) in [6.45, 7) is 3.58. The third-order valence-electron chi connectivity index (χ3n) is 6.06. The van der Waals surface area contributed by atoms with Gasteiger partial charge in [-0.15, -0.1) is 5.10 Å². The van der Waals surface area contributed by atoms with Crippen LogP contribution in [0.2, 0.25) is 0 Å². The largest absolute Gasteiger partial charge is 0.441 e. The molecular formula is C23H27N5O6. The summed E-state index contributed by atoms with van der Waals surface area (Å²) in [6, 6.07) is 4.85. The van der Waals surface area contributed by atoms with E-state index in [2.05, 4.69) is 15.6 Å². The molecule has 0 spiro atoms. The lowest BCUT2D eigenvalue weighted by atomic mass is 9.82. The van der Waals surface area contributed by atoms with Crippen molar-refractivity contribution in [3.63, 3.8) is 0 Å². The van der Waals surface area contributed by atoms with Crippen molar-refractivity contribution in [1.82, 2.24) is 15.0 Å². The number of aliphatic hydroxyl groups excluding tert-OH is 1. The van der Waals surface area contributed by atoms with Crippen LogP contribution >= 0.6 is 0 Å². The Kier molecular flexibility index (Phi) is 6.49. The zero-order chi connectivity index (χ0) is 24.5. The Balaban J connectivity index is 1.48. The molecule has 0 bridgehead atoms. The molecule has 2 aromatic rings. The van der Waals surface area contributed by atoms with Crippen LogP contribution in [0.3, 0.4) is 0 Å². The van der Waals surface area contributed by atoms with Gasteiger partial charge in [0, 0.05) is 55.5 Å². The van der Waals surface area contributed by atoms with E-state index in [-0.39, 0.29) is 18.9 Å². The van der Waals surface area contributed by atoms with Gasteiger partial charge in [-0.25, -0.2) is 0 Å². The summed E-state index contributed by atoms with van der Waals surface area (Å²) in [5, 5.41) is 31.1. The van der Waals surface area contributed by atoms with Crippen molar-refractivity contribution in [2.24, 2.45) is 5.92 Å². The first-order valence-corrected chi connectivity index (χ1v) is 11.1. The second-order valence-electron chi connectivity index (χ2n) is 8.43. The van der Waals surface area contributed by atoms with Crippen molar-refractivity contribution in [2.75, 3.05) is 16.8 Å². The van der Waals surface area contributed by atoms with Gasteiger partial charge >= 0.3 is 5.97 Å². The summed E-state index contributed by atoms with van der Waals surface area (Å²) >= 11 is 0. The first-order valence-electron chi connectivity index (χ1n) is 11.1. The molecule has 180 valence electrons. The molecule has 4 rings (SSSR count). The molecular weight excluding hydrogens is 442 g/mol. The maximum atomic E-state index is 12.8. The Morgan fingerprint density at radius 2 is 2.21 bits per heavy atom. The fourth-order valence-electron chi connectivity index (χ4n) is 4.21. The highest BCUT2D eigenvalue weighted by Gasteiger charge is 2.49. The number of amides is 2. The van der Waals surface area contributed by atoms with Gasteiger partial charge < -0.3 is 20.3 Å². The molecule has 2 aliphatic rings. The number of hydrogen-bond acceptors (Lipinski definition) is 8. The molecule has 1 saturated heterocycles. The molecule has 1 unspecified atom stereocenters. The number of nitrogens with one attached hydrogen (secondary N) is 1. The molecule has 2 amide bonds. The maximum absolute atomic E-state index is 12.8. The fourth-order valence-corrected chi connectivity index (χ4v) is 4.21. The number of esters is 1. The number of ether oxygens (including phenoxy) is 1. The van der Waals surface area contributed by atoms with E-state index in [1.165, 1.54) is 11.8 Å². The molecule has 1 fully saturated rings. The van der Waals surface area contributed by atoms with Crippen LogP contribution in [0, 0.1) is 5.92 Å². The molecule has 1 aromatic heterocycles. The molecule has 1 aromatic carbocycles. The minimum absolute atomic E-state index is 0.0102. The highest BCUT2D eigenvalue weighted by atomic mass is 16.6. The molecule has 34 heavy (non-hydrogen) atoms. The number of carbonyl (C=O) groups excluding carboxylic acids is 3. The number of aliphatic hydroxyl groups is 2. The molecule has 3 N–H and O–H groups in total. The zero-order valence-corrected chi connectivity index (χ0v) is 19.0. The summed E-state index contributed by atoms with van der Waals surface area (Å²) in [5.41, 5.74) is 0.151. The minimum atomic E-state index is -1.83. The van der Waals surface area contributed by atoms with Gasteiger partial charge in [0.1, 0.15) is 0 Å². The Labute approximate surface area is 196 Å². The van der Waals surface area contributed by atoms with Crippen molar-refractivity contribution in [3.05, 3.63) is 47.8 Å². The molecule has 0 saturated carbocycles. The van der Waals surface area contributed by atoms with Gasteiger partial charge in [0.05, 0.1) is 12.1 Å². The number of aromatic nitrogens is 3. The van der Waals surface area contributed by atoms with Crippen LogP contribution in [0.4, 0.5) is 11.4 Å². The number of β-lactam (4-membered cyclic amide) rings is 1. The highest BCUT2D eigenvalue weighted by Crippen LogP contribution is 2.44. The predicted octanol–water partition coefficient (Wildman–Crippen LogP) is 0.861. The van der Waals surface area contributed by atoms with E-state index < -0.39 is 29.6 Å². The Bertz CT molecular complexity index is 1140. The average molecular weight is 469 g/mol. The molecule has 3 atom stereocenters. The smallest absolute Gasteiger partial charge is 0.304 e. The summed E-state index contributed by atoms with van der Waals surface area (Å²) in [4.78, 5) is 37.6. The first-order chi connectivity index (χ1) is 16.2. The number of anilines is 2. The van der Waals surface area contributed by atoms with Crippen molar-refractivity contribution in [2.45, 2.75) is 51.5 Å². The van der Waals surface area contributed by atoms with E-state index in [9.17, 15) is 19.5 Å². The van der Waals surface area contributed by atoms with E-state index in [0.29, 0.717) is 42.0 Å². The number of rotatable bonds is 9. The molecule has 3 heterocycles. The molecule has 11 heteroatoms. The van der Waals surface area contributed by atoms with Gasteiger partial charge in [0.15, 0.2) is 11.8 Å². The Morgan fingerprint density at radius 1 is 1.41 bits per heavy atom. The third kappa shape index (κ3) is 4.31. The Hall–Kier alpha value is -3.57. The number of benzene rings is 1. The maximum Gasteiger partial charge on any atom is 0.304 e. The van der Waals surface area contributed by atoms with Gasteiger partial charge in [-0.3, -0.25) is 24.0 Å². The van der Waals surface area contributed by atoms with Crippen LogP contribution in [0.15, 0.2) is 36.5 Å². The third-order valence-corrected chi connectivity index (χ3v) is 6.06. The van der Waals surface area contributed by atoms with Crippen molar-refractivity contribution in [1.29, 1.82) is 0 Å². The van der Waals surface area contributed by atoms with Crippen LogP contribution in [-0.2, 0) is 37.7 Å². The van der Waals surface area contributed by atoms with E-state index in [1.54, 1.807) is 42.1 Å². The quantitative estimate of drug-likeness (QED) is 0.278. The highest BCUT2D eigenvalue weighted by molar-refractivity contribution is 6.07. The molecule has 0 radical (unpaired) electrons. The number of allylic oxidation sites excluding steroid dienone is 1. The number of fused-ring (bicyclic) bond motifs is 1. The number of nitrogens with zero attached hydrogens (tertiary/aromatic N) is 4. The average Bonchev–Trinajstić information content (AvgIpc) is 3.33. The van der Waals surface area contributed by atoms with Crippen molar-refractivity contribution in [3.8, 4) is 0 Å². The van der Waals surface area contributed by atoms with Crippen molar-refractivity contribution < 1.29 is 29.3 Å². The van der Waals surface area contributed by atoms with Gasteiger partial charge in [0.2, 0.25) is 5.91 Å². The lowest BCUT2D eigenvalue weighted by molar-refractivity contribution is -0.153. The van der Waals surface area contributed by atoms with Gasteiger partial charge in [-0.05, 0) is 24.6 Å². The lowest BCUT2D eigenvalue weighted by Gasteiger charge is -2.39. The SMILES string of the molecule is CC(=O)OC1CC(=O)N1c1ccc2c(c1)[C@@](O)([C@H](C)/C=C/CCn1cc(CCO)nn1)C(=O)N2. The first kappa shape index (κ1) is 23.6. The summed E-state index contributed by atoms with van der Waals surface area (Å²) in [7, 11) is 0. The standard InChI is InChI=1S/C23H27N5O6/c1-14(5-3-4-9-27-13-16(8-10-29)25-26-27)23(33)18-11-17(6-7-19(18)24-22(23)32)28-20(31)12-21(28)34-15(2)30/h3,5-7,11,13-14,21,29,33H,4,8-10,12H2,1-2H3,(H,24,32)/b5-3+/t14-,21?,23+/m1/s1. The van der Waals surface area contributed by atoms with Crippen LogP contribution in [0.1, 0.15) is 37.9 Å². The van der Waals surface area contributed by atoms with E-state index >= 15 is 0 Å². The topological polar surface area (TPSA) is 147 Å². The van der Waals surface area contributed by atoms with Crippen LogP contribution in [-0.4, -0.2) is 55.8 Å². The van der Waals surface area contributed by atoms with Gasteiger partial charge in [0.25, 0.3) is 5.91 Å². The van der Waals surface area contributed by atoms with Crippen LogP contribution < -0.4 is 10.2 Å². The second kappa shape index (κ2) is 9.35. The second-order valence-corrected chi connectivity index (χ2v) is 8.43. The number of aryl methyl sites for hydroxylation is 1. The van der Waals surface area contributed by atoms with E-state index in [4.69, 9.17) is 9.84 Å². The number of hydrogen-bond donors (Lipinski definition) is 3. The van der Waals surface area contributed by atoms with Gasteiger partial charge in [-0.2, -0.15) is 0 Å². The van der Waals surface area contributed by atoms with E-state index in [1.807, 2.05) is 6.08 Å². The zero-order valence-electron chi connectivity index (χ0n) is 19.0. The summed E-state index contributed by atoms with van der Waals surface area (Å²) < 4.78 is 6.84. The van der Waals surface area contributed by atoms with Crippen LogP contribution in [0.5, 0.6) is 0 Å². The summed E-state index contributed by atoms with van der Waals surface area (Å²) in [5.74, 6) is -1.82. The minimum Gasteiger partial charge on any atom is -0.441 e. The van der Waals surface area contributed by atoms with Crippen molar-refractivity contribution >= 4 is 29.2 Å².